The topological polar surface area (TPSA) is 28.2 Å². The highest BCUT2D eigenvalue weighted by Gasteiger charge is 2.23. The van der Waals surface area contributed by atoms with Gasteiger partial charge in [0.2, 0.25) is 0 Å². The van der Waals surface area contributed by atoms with Crippen molar-refractivity contribution in [2.45, 2.75) is 19.0 Å². The molecule has 23 heavy (non-hydrogen) atoms. The molecule has 3 nitrogen and oxygen atoms in total. The summed E-state index contributed by atoms with van der Waals surface area (Å²) in [4.78, 5) is 6.75. The van der Waals surface area contributed by atoms with E-state index in [9.17, 15) is 0 Å². The number of anilines is 1. The highest BCUT2D eigenvalue weighted by Crippen LogP contribution is 2.23. The van der Waals surface area contributed by atoms with Crippen LogP contribution in [0.5, 0.6) is 0 Å². The summed E-state index contributed by atoms with van der Waals surface area (Å²) in [5.41, 5.74) is 1.08. The van der Waals surface area contributed by atoms with E-state index in [1.807, 2.05) is 30.5 Å². The van der Waals surface area contributed by atoms with Gasteiger partial charge in [0.05, 0.1) is 0 Å². The zero-order valence-electron chi connectivity index (χ0n) is 12.3. The van der Waals surface area contributed by atoms with E-state index in [2.05, 4.69) is 31.1 Å². The number of halogens is 4. The van der Waals surface area contributed by atoms with Crippen LogP contribution in [0.3, 0.4) is 0 Å². The maximum atomic E-state index is 6.21. The Hall–Kier alpha value is -0.520. The highest BCUT2D eigenvalue weighted by atomic mass is 79.9. The lowest BCUT2D eigenvalue weighted by molar-refractivity contribution is 0.551. The third-order valence-corrected chi connectivity index (χ3v) is 4.88. The fraction of sp³-hybridized carbons (Fsp3) is 0.312. The average molecular weight is 438 g/mol. The van der Waals surface area contributed by atoms with Gasteiger partial charge in [0.1, 0.15) is 5.82 Å². The number of nitrogens with zero attached hydrogens (tertiary/aromatic N) is 2. The summed E-state index contributed by atoms with van der Waals surface area (Å²) in [6, 6.07) is 10.1. The molecule has 1 aliphatic rings. The fourth-order valence-electron chi connectivity index (χ4n) is 2.61. The zero-order valence-corrected chi connectivity index (χ0v) is 16.2. The monoisotopic (exact) mass is 435 g/mol. The first kappa shape index (κ1) is 18.8. The minimum Gasteiger partial charge on any atom is -0.355 e. The number of nitrogens with one attached hydrogen (secondary N) is 1. The maximum absolute atomic E-state index is 6.21. The van der Waals surface area contributed by atoms with Crippen molar-refractivity contribution in [1.82, 2.24) is 10.3 Å². The molecule has 1 N–H and O–H groups in total. The predicted octanol–water partition coefficient (Wildman–Crippen LogP) is 4.94. The largest absolute Gasteiger partial charge is 0.355 e. The Morgan fingerprint density at radius 2 is 2.09 bits per heavy atom. The van der Waals surface area contributed by atoms with Crippen LogP contribution in [0.4, 0.5) is 5.82 Å². The molecular formula is C16H17BrCl3N3. The summed E-state index contributed by atoms with van der Waals surface area (Å²) in [7, 11) is 0. The van der Waals surface area contributed by atoms with Crippen LogP contribution < -0.4 is 10.2 Å². The molecule has 0 saturated carbocycles. The second kappa shape index (κ2) is 8.54. The molecule has 2 aromatic rings. The Morgan fingerprint density at radius 1 is 1.26 bits per heavy atom. The molecule has 1 aliphatic heterocycles. The van der Waals surface area contributed by atoms with Gasteiger partial charge >= 0.3 is 0 Å². The number of aromatic nitrogens is 1. The van der Waals surface area contributed by atoms with Crippen molar-refractivity contribution in [3.05, 3.63) is 56.6 Å². The van der Waals surface area contributed by atoms with Crippen LogP contribution in [0.25, 0.3) is 0 Å². The number of pyridine rings is 1. The van der Waals surface area contributed by atoms with Crippen LogP contribution in [0.1, 0.15) is 12.0 Å². The third kappa shape index (κ3) is 4.97. The van der Waals surface area contributed by atoms with E-state index in [0.717, 1.165) is 41.9 Å². The zero-order chi connectivity index (χ0) is 15.5. The third-order valence-electron chi connectivity index (χ3n) is 3.82. The van der Waals surface area contributed by atoms with Crippen molar-refractivity contribution in [2.24, 2.45) is 0 Å². The van der Waals surface area contributed by atoms with E-state index < -0.39 is 0 Å². The van der Waals surface area contributed by atoms with Gasteiger partial charge in [-0.1, -0.05) is 29.3 Å². The van der Waals surface area contributed by atoms with E-state index in [1.54, 1.807) is 6.07 Å². The minimum absolute atomic E-state index is 0. The van der Waals surface area contributed by atoms with Crippen molar-refractivity contribution in [3.8, 4) is 0 Å². The van der Waals surface area contributed by atoms with Crippen LogP contribution in [-0.2, 0) is 6.54 Å². The quantitative estimate of drug-likeness (QED) is 0.734. The Kier molecular flexibility index (Phi) is 6.99. The molecule has 1 aromatic heterocycles. The van der Waals surface area contributed by atoms with Crippen molar-refractivity contribution in [2.75, 3.05) is 18.0 Å². The van der Waals surface area contributed by atoms with Gasteiger partial charge in [-0.3, -0.25) is 0 Å². The summed E-state index contributed by atoms with van der Waals surface area (Å²) in [6.07, 6.45) is 2.94. The molecule has 1 fully saturated rings. The van der Waals surface area contributed by atoms with E-state index in [1.165, 1.54) is 0 Å². The summed E-state index contributed by atoms with van der Waals surface area (Å²) in [5.74, 6) is 1.03. The fourth-order valence-corrected chi connectivity index (χ4v) is 3.32. The molecule has 124 valence electrons. The molecule has 1 aromatic carbocycles. The number of hydrogen-bond donors (Lipinski definition) is 1. The minimum atomic E-state index is 0. The standard InChI is InChI=1S/C16H16BrCl2N3.ClH/c17-12-2-4-16(21-9-12)22-6-5-14(10-22)20-8-11-1-3-13(18)7-15(11)19;/h1-4,7,9,14,20H,5-6,8,10H2;1H/t14-;/m0./s1. The molecule has 1 saturated heterocycles. The second-order valence-corrected chi connectivity index (χ2v) is 7.14. The van der Waals surface area contributed by atoms with Gasteiger partial charge in [-0.05, 0) is 52.2 Å². The van der Waals surface area contributed by atoms with Crippen LogP contribution in [0.2, 0.25) is 10.0 Å². The van der Waals surface area contributed by atoms with Gasteiger partial charge < -0.3 is 10.2 Å². The summed E-state index contributed by atoms with van der Waals surface area (Å²) >= 11 is 15.5. The first-order valence-electron chi connectivity index (χ1n) is 7.15. The molecule has 2 heterocycles. The molecule has 1 atom stereocenters. The lowest BCUT2D eigenvalue weighted by Gasteiger charge is -2.18. The summed E-state index contributed by atoms with van der Waals surface area (Å²) in [5, 5.41) is 4.94. The normalized spacial score (nSPS) is 17.2. The van der Waals surface area contributed by atoms with Crippen LogP contribution in [0.15, 0.2) is 41.0 Å². The molecule has 0 radical (unpaired) electrons. The van der Waals surface area contributed by atoms with Gasteiger partial charge in [-0.25, -0.2) is 4.98 Å². The van der Waals surface area contributed by atoms with Crippen molar-refractivity contribution in [3.63, 3.8) is 0 Å². The van der Waals surface area contributed by atoms with Gasteiger partial charge in [0.25, 0.3) is 0 Å². The van der Waals surface area contributed by atoms with Crippen molar-refractivity contribution < 1.29 is 0 Å². The number of hydrogen-bond acceptors (Lipinski definition) is 3. The van der Waals surface area contributed by atoms with Crippen molar-refractivity contribution >= 4 is 57.4 Å². The Labute approximate surface area is 160 Å². The van der Waals surface area contributed by atoms with E-state index in [-0.39, 0.29) is 12.4 Å². The number of rotatable bonds is 4. The van der Waals surface area contributed by atoms with E-state index in [4.69, 9.17) is 23.2 Å². The van der Waals surface area contributed by atoms with Gasteiger partial charge in [-0.15, -0.1) is 12.4 Å². The molecular weight excluding hydrogens is 420 g/mol. The molecule has 0 amide bonds. The van der Waals surface area contributed by atoms with Crippen molar-refractivity contribution in [1.29, 1.82) is 0 Å². The van der Waals surface area contributed by atoms with Crippen LogP contribution in [0, 0.1) is 0 Å². The molecule has 0 bridgehead atoms. The average Bonchev–Trinajstić information content (AvgIpc) is 2.96. The highest BCUT2D eigenvalue weighted by molar-refractivity contribution is 9.10. The van der Waals surface area contributed by atoms with E-state index in [0.29, 0.717) is 16.1 Å². The summed E-state index contributed by atoms with van der Waals surface area (Å²) < 4.78 is 1.00. The van der Waals surface area contributed by atoms with Gasteiger partial charge in [0.15, 0.2) is 0 Å². The summed E-state index contributed by atoms with van der Waals surface area (Å²) in [6.45, 7) is 2.72. The first-order valence-corrected chi connectivity index (χ1v) is 8.70. The van der Waals surface area contributed by atoms with Gasteiger partial charge in [0, 0.05) is 46.4 Å². The van der Waals surface area contributed by atoms with E-state index >= 15 is 0 Å². The Balaban J connectivity index is 0.00000192. The molecule has 0 aliphatic carbocycles. The number of benzene rings is 1. The molecule has 0 spiro atoms. The SMILES string of the molecule is Cl.Clc1ccc(CN[C@H]2CCN(c3ccc(Br)cn3)C2)c(Cl)c1. The Morgan fingerprint density at radius 3 is 2.78 bits per heavy atom. The Bertz CT molecular complexity index is 652. The second-order valence-electron chi connectivity index (χ2n) is 5.38. The smallest absolute Gasteiger partial charge is 0.128 e. The van der Waals surface area contributed by atoms with Crippen LogP contribution in [-0.4, -0.2) is 24.1 Å². The van der Waals surface area contributed by atoms with Gasteiger partial charge in [-0.2, -0.15) is 0 Å². The lowest BCUT2D eigenvalue weighted by atomic mass is 10.2. The maximum Gasteiger partial charge on any atom is 0.128 e. The molecule has 0 unspecified atom stereocenters. The first-order chi connectivity index (χ1) is 10.6. The lowest BCUT2D eigenvalue weighted by Crippen LogP contribution is -2.32. The van der Waals surface area contributed by atoms with Crippen LogP contribution >= 0.6 is 51.5 Å². The molecule has 7 heteroatoms. The molecule has 3 rings (SSSR count). The predicted molar refractivity (Wildman–Crippen MR) is 103 cm³/mol.